The normalized spacial score (nSPS) is 11.5. The highest BCUT2D eigenvalue weighted by Crippen LogP contribution is 2.13. The number of anilines is 1. The predicted molar refractivity (Wildman–Crippen MR) is 63.2 cm³/mol. The van der Waals surface area contributed by atoms with E-state index in [2.05, 4.69) is 0 Å². The van der Waals surface area contributed by atoms with Crippen LogP contribution in [0.15, 0.2) is 24.3 Å². The zero-order chi connectivity index (χ0) is 11.3. The van der Waals surface area contributed by atoms with E-state index in [0.29, 0.717) is 28.7 Å². The average Bonchev–Trinajstić information content (AvgIpc) is 2.14. The third-order valence-electron chi connectivity index (χ3n) is 1.82. The first kappa shape index (κ1) is 12.4. The third kappa shape index (κ3) is 5.66. The molecule has 0 aliphatic rings. The zero-order valence-corrected chi connectivity index (χ0v) is 9.72. The van der Waals surface area contributed by atoms with Gasteiger partial charge in [-0.2, -0.15) is 8.42 Å². The molecule has 0 heterocycles. The lowest BCUT2D eigenvalue weighted by atomic mass is 10.1. The Hall–Kier alpha value is -0.720. The highest BCUT2D eigenvalue weighted by Gasteiger charge is 2.04. The molecular formula is C9H13NO3S2. The van der Waals surface area contributed by atoms with Crippen LogP contribution < -0.4 is 5.73 Å². The summed E-state index contributed by atoms with van der Waals surface area (Å²) in [7, 11) is -3.33. The fraction of sp³-hybridized carbons (Fsp3) is 0.333. The van der Waals surface area contributed by atoms with Crippen LogP contribution in [0, 0.1) is 0 Å². The number of benzene rings is 1. The summed E-state index contributed by atoms with van der Waals surface area (Å²) in [5.74, 6) is 0.392. The van der Waals surface area contributed by atoms with Crippen LogP contribution in [0.3, 0.4) is 0 Å². The van der Waals surface area contributed by atoms with Gasteiger partial charge < -0.3 is 5.73 Å². The second-order valence-electron chi connectivity index (χ2n) is 3.09. The van der Waals surface area contributed by atoms with Crippen molar-refractivity contribution < 1.29 is 13.0 Å². The van der Waals surface area contributed by atoms with Gasteiger partial charge in [0.05, 0.1) is 0 Å². The van der Waals surface area contributed by atoms with Crippen LogP contribution in [0.1, 0.15) is 12.0 Å². The molecule has 0 radical (unpaired) electrons. The van der Waals surface area contributed by atoms with Crippen molar-refractivity contribution in [2.45, 2.75) is 12.8 Å². The fourth-order valence-electron chi connectivity index (χ4n) is 1.12. The molecule has 6 heteroatoms. The van der Waals surface area contributed by atoms with Gasteiger partial charge in [0, 0.05) is 11.4 Å². The lowest BCUT2D eigenvalue weighted by molar-refractivity contribution is 0.503. The summed E-state index contributed by atoms with van der Waals surface area (Å²) in [5, 5.41) is 0. The molecule has 1 rings (SSSR count). The number of aryl methyl sites for hydroxylation is 1. The molecule has 15 heavy (non-hydrogen) atoms. The fourth-order valence-corrected chi connectivity index (χ4v) is 2.58. The van der Waals surface area contributed by atoms with Crippen LogP contribution >= 0.6 is 10.8 Å². The largest absolute Gasteiger partial charge is 0.399 e. The molecule has 0 fully saturated rings. The van der Waals surface area contributed by atoms with Gasteiger partial charge in [0.2, 0.25) is 0 Å². The molecule has 0 saturated carbocycles. The topological polar surface area (TPSA) is 80.4 Å². The van der Waals surface area contributed by atoms with Crippen LogP contribution in [0.5, 0.6) is 0 Å². The minimum Gasteiger partial charge on any atom is -0.399 e. The summed E-state index contributed by atoms with van der Waals surface area (Å²) in [6.07, 6.45) is 1.48. The van der Waals surface area contributed by atoms with E-state index >= 15 is 0 Å². The Morgan fingerprint density at radius 3 is 2.40 bits per heavy atom. The highest BCUT2D eigenvalue weighted by molar-refractivity contribution is 8.69. The number of rotatable bonds is 5. The van der Waals surface area contributed by atoms with Gasteiger partial charge in [-0.3, -0.25) is 4.55 Å². The summed E-state index contributed by atoms with van der Waals surface area (Å²) in [5.41, 5.74) is 7.35. The van der Waals surface area contributed by atoms with E-state index in [9.17, 15) is 8.42 Å². The van der Waals surface area contributed by atoms with Crippen molar-refractivity contribution in [2.24, 2.45) is 0 Å². The summed E-state index contributed by atoms with van der Waals surface area (Å²) in [4.78, 5) is 0. The van der Waals surface area contributed by atoms with E-state index in [1.165, 1.54) is 0 Å². The predicted octanol–water partition coefficient (Wildman–Crippen LogP) is 1.74. The minimum absolute atomic E-state index is 0.392. The van der Waals surface area contributed by atoms with Crippen LogP contribution in [-0.2, 0) is 15.6 Å². The molecule has 0 aliphatic heterocycles. The minimum atomic E-state index is -3.89. The third-order valence-corrected chi connectivity index (χ3v) is 3.97. The molecule has 0 aromatic heterocycles. The van der Waals surface area contributed by atoms with Crippen LogP contribution in [-0.4, -0.2) is 18.7 Å². The molecule has 3 N–H and O–H groups in total. The van der Waals surface area contributed by atoms with Gasteiger partial charge in [0.15, 0.2) is 0 Å². The second kappa shape index (κ2) is 5.39. The van der Waals surface area contributed by atoms with Gasteiger partial charge in [-0.1, -0.05) is 12.1 Å². The van der Waals surface area contributed by atoms with Crippen molar-refractivity contribution in [3.8, 4) is 0 Å². The highest BCUT2D eigenvalue weighted by atomic mass is 33.1. The molecule has 1 aromatic carbocycles. The molecule has 0 aliphatic carbocycles. The lowest BCUT2D eigenvalue weighted by Crippen LogP contribution is -1.94. The maximum absolute atomic E-state index is 10.4. The van der Waals surface area contributed by atoms with E-state index < -0.39 is 9.15 Å². The SMILES string of the molecule is Nc1ccc(CCCSS(=O)(=O)O)cc1. The zero-order valence-electron chi connectivity index (χ0n) is 8.09. The lowest BCUT2D eigenvalue weighted by Gasteiger charge is -2.00. The number of nitrogens with two attached hydrogens (primary N) is 1. The molecule has 84 valence electrons. The Morgan fingerprint density at radius 2 is 1.87 bits per heavy atom. The van der Waals surface area contributed by atoms with Gasteiger partial charge in [-0.25, -0.2) is 0 Å². The first-order chi connectivity index (χ1) is 6.97. The van der Waals surface area contributed by atoms with E-state index in [1.54, 1.807) is 0 Å². The maximum Gasteiger partial charge on any atom is 0.319 e. The van der Waals surface area contributed by atoms with E-state index in [4.69, 9.17) is 10.3 Å². The number of hydrogen-bond acceptors (Lipinski definition) is 4. The van der Waals surface area contributed by atoms with E-state index in [0.717, 1.165) is 12.0 Å². The van der Waals surface area contributed by atoms with E-state index in [-0.39, 0.29) is 0 Å². The van der Waals surface area contributed by atoms with Gasteiger partial charge >= 0.3 is 9.15 Å². The van der Waals surface area contributed by atoms with Gasteiger partial charge in [0.1, 0.15) is 0 Å². The van der Waals surface area contributed by atoms with Crippen LogP contribution in [0.25, 0.3) is 0 Å². The second-order valence-corrected chi connectivity index (χ2v) is 6.57. The summed E-state index contributed by atoms with van der Waals surface area (Å²) in [6.45, 7) is 0. The standard InChI is InChI=1S/C9H13NO3S2/c10-9-5-3-8(4-6-9)2-1-7-14-15(11,12)13/h3-6H,1-2,7,10H2,(H,11,12,13). The Kier molecular flexibility index (Phi) is 4.44. The number of nitrogen functional groups attached to an aromatic ring is 1. The first-order valence-corrected chi connectivity index (χ1v) is 7.38. The Balaban J connectivity index is 2.29. The van der Waals surface area contributed by atoms with Gasteiger partial charge in [-0.05, 0) is 41.3 Å². The molecule has 0 spiro atoms. The molecule has 1 aromatic rings. The van der Waals surface area contributed by atoms with Crippen molar-refractivity contribution in [3.63, 3.8) is 0 Å². The molecule has 4 nitrogen and oxygen atoms in total. The molecule has 0 atom stereocenters. The van der Waals surface area contributed by atoms with Crippen LogP contribution in [0.2, 0.25) is 0 Å². The smallest absolute Gasteiger partial charge is 0.319 e. The van der Waals surface area contributed by atoms with Crippen molar-refractivity contribution in [1.29, 1.82) is 0 Å². The molecule has 0 unspecified atom stereocenters. The monoisotopic (exact) mass is 247 g/mol. The van der Waals surface area contributed by atoms with Gasteiger partial charge in [-0.15, -0.1) is 0 Å². The Morgan fingerprint density at radius 1 is 1.27 bits per heavy atom. The van der Waals surface area contributed by atoms with Crippen LogP contribution in [0.4, 0.5) is 5.69 Å². The van der Waals surface area contributed by atoms with E-state index in [1.807, 2.05) is 24.3 Å². The molecule has 0 amide bonds. The van der Waals surface area contributed by atoms with Gasteiger partial charge in [0.25, 0.3) is 0 Å². The quantitative estimate of drug-likeness (QED) is 0.358. The average molecular weight is 247 g/mol. The maximum atomic E-state index is 10.4. The van der Waals surface area contributed by atoms with Crippen molar-refractivity contribution in [3.05, 3.63) is 29.8 Å². The van der Waals surface area contributed by atoms with Crippen molar-refractivity contribution in [1.82, 2.24) is 0 Å². The van der Waals surface area contributed by atoms with Crippen molar-refractivity contribution in [2.75, 3.05) is 11.5 Å². The molecule has 0 saturated heterocycles. The summed E-state index contributed by atoms with van der Waals surface area (Å²) >= 11 is 0. The Labute approximate surface area is 93.0 Å². The molecule has 0 bridgehead atoms. The number of hydrogen-bond donors (Lipinski definition) is 2. The Bertz CT molecular complexity index is 400. The van der Waals surface area contributed by atoms with Crippen molar-refractivity contribution >= 4 is 25.6 Å². The summed E-state index contributed by atoms with van der Waals surface area (Å²) in [6, 6.07) is 7.44. The summed E-state index contributed by atoms with van der Waals surface area (Å²) < 4.78 is 29.2. The first-order valence-electron chi connectivity index (χ1n) is 4.43. The molecular weight excluding hydrogens is 234 g/mol.